The predicted octanol–water partition coefficient (Wildman–Crippen LogP) is 4.18. The Morgan fingerprint density at radius 3 is 2.67 bits per heavy atom. The number of aldehydes is 1. The molecule has 0 spiro atoms. The first kappa shape index (κ1) is 17.8. The third-order valence-corrected chi connectivity index (χ3v) is 5.24. The number of nitrogens with zero attached hydrogens (tertiary/aromatic N) is 4. The van der Waals surface area contributed by atoms with Crippen LogP contribution < -0.4 is 4.90 Å². The fraction of sp³-hybridized carbons (Fsp3) is 0.421. The van der Waals surface area contributed by atoms with Gasteiger partial charge in [0.15, 0.2) is 0 Å². The summed E-state index contributed by atoms with van der Waals surface area (Å²) in [5.74, 6) is 0.374. The van der Waals surface area contributed by atoms with Gasteiger partial charge in [-0.05, 0) is 37.8 Å². The molecule has 4 rings (SSSR count). The third kappa shape index (κ3) is 3.48. The highest BCUT2D eigenvalue weighted by molar-refractivity contribution is 5.80. The van der Waals surface area contributed by atoms with Gasteiger partial charge < -0.3 is 9.69 Å². The molecule has 0 aromatic carbocycles. The zero-order valence-corrected chi connectivity index (χ0v) is 14.6. The Hall–Kier alpha value is -2.64. The van der Waals surface area contributed by atoms with Crippen molar-refractivity contribution in [2.24, 2.45) is 5.92 Å². The highest BCUT2D eigenvalue weighted by Gasteiger charge is 2.38. The summed E-state index contributed by atoms with van der Waals surface area (Å²) in [6.07, 6.45) is 7.51. The fourth-order valence-electron chi connectivity index (χ4n) is 3.75. The van der Waals surface area contributed by atoms with Gasteiger partial charge in [0, 0.05) is 24.0 Å². The predicted molar refractivity (Wildman–Crippen MR) is 95.2 cm³/mol. The van der Waals surface area contributed by atoms with Gasteiger partial charge in [0.2, 0.25) is 0 Å². The average molecular weight is 376 g/mol. The van der Waals surface area contributed by atoms with Crippen LogP contribution in [0.15, 0.2) is 42.4 Å². The Bertz CT molecular complexity index is 907. The number of aromatic nitrogens is 3. The molecule has 0 bridgehead atoms. The van der Waals surface area contributed by atoms with E-state index in [1.165, 1.54) is 12.3 Å². The minimum Gasteiger partial charge on any atom is -0.318 e. The van der Waals surface area contributed by atoms with Crippen molar-refractivity contribution in [3.63, 3.8) is 0 Å². The Balaban J connectivity index is 1.61. The summed E-state index contributed by atoms with van der Waals surface area (Å²) in [7, 11) is 0. The fourth-order valence-corrected chi connectivity index (χ4v) is 3.75. The molecule has 1 aliphatic carbocycles. The smallest absolute Gasteiger partial charge is 0.318 e. The van der Waals surface area contributed by atoms with E-state index in [0.29, 0.717) is 5.52 Å². The zero-order chi connectivity index (χ0) is 19.0. The minimum absolute atomic E-state index is 0.119. The van der Waals surface area contributed by atoms with E-state index in [0.717, 1.165) is 48.3 Å². The molecule has 3 heterocycles. The van der Waals surface area contributed by atoms with Gasteiger partial charge in [-0.1, -0.05) is 12.2 Å². The number of pyridine rings is 1. The number of hydrogen-bond acceptors (Lipinski definition) is 4. The quantitative estimate of drug-likeness (QED) is 0.754. The van der Waals surface area contributed by atoms with Crippen molar-refractivity contribution in [2.75, 3.05) is 11.4 Å². The van der Waals surface area contributed by atoms with Gasteiger partial charge in [0.1, 0.15) is 23.3 Å². The van der Waals surface area contributed by atoms with Crippen LogP contribution in [0, 0.1) is 5.92 Å². The molecule has 2 aromatic rings. The van der Waals surface area contributed by atoms with Crippen molar-refractivity contribution in [2.45, 2.75) is 37.9 Å². The van der Waals surface area contributed by atoms with Gasteiger partial charge in [-0.2, -0.15) is 18.3 Å². The number of carbonyl (C=O) groups excluding carboxylic acids is 1. The molecule has 0 unspecified atom stereocenters. The second-order valence-corrected chi connectivity index (χ2v) is 7.00. The van der Waals surface area contributed by atoms with E-state index in [2.05, 4.69) is 10.1 Å². The second-order valence-electron chi connectivity index (χ2n) is 7.00. The first-order valence-electron chi connectivity index (χ1n) is 8.97. The van der Waals surface area contributed by atoms with Crippen molar-refractivity contribution in [1.29, 1.82) is 0 Å². The van der Waals surface area contributed by atoms with E-state index in [-0.39, 0.29) is 24.3 Å². The molecule has 2 aliphatic rings. The Morgan fingerprint density at radius 1 is 1.19 bits per heavy atom. The van der Waals surface area contributed by atoms with Crippen LogP contribution >= 0.6 is 0 Å². The molecule has 1 fully saturated rings. The summed E-state index contributed by atoms with van der Waals surface area (Å²) in [6, 6.07) is 1.86. The summed E-state index contributed by atoms with van der Waals surface area (Å²) in [4.78, 5) is 16.3. The molecular weight excluding hydrogens is 357 g/mol. The lowest BCUT2D eigenvalue weighted by Crippen LogP contribution is -2.33. The Kier molecular flexibility index (Phi) is 4.49. The van der Waals surface area contributed by atoms with Crippen LogP contribution in [-0.2, 0) is 4.79 Å². The van der Waals surface area contributed by atoms with Crippen LogP contribution in [0.5, 0.6) is 0 Å². The maximum absolute atomic E-state index is 13.3. The molecule has 0 N–H and O–H groups in total. The highest BCUT2D eigenvalue weighted by atomic mass is 19.4. The molecule has 0 amide bonds. The lowest BCUT2D eigenvalue weighted by Gasteiger charge is -2.28. The summed E-state index contributed by atoms with van der Waals surface area (Å²) in [6.45, 7) is 0.119. The van der Waals surface area contributed by atoms with E-state index >= 15 is 0 Å². The minimum atomic E-state index is -4.44. The molecule has 0 radical (unpaired) electrons. The monoisotopic (exact) mass is 376 g/mol. The van der Waals surface area contributed by atoms with Crippen molar-refractivity contribution in [3.8, 4) is 0 Å². The molecule has 8 heteroatoms. The van der Waals surface area contributed by atoms with E-state index in [1.807, 2.05) is 10.9 Å². The van der Waals surface area contributed by atoms with Gasteiger partial charge in [0.25, 0.3) is 0 Å². The van der Waals surface area contributed by atoms with Gasteiger partial charge in [0.05, 0.1) is 12.2 Å². The van der Waals surface area contributed by atoms with E-state index in [9.17, 15) is 18.0 Å². The summed E-state index contributed by atoms with van der Waals surface area (Å²) in [5, 5.41) is 5.30. The normalized spacial score (nSPS) is 23.5. The van der Waals surface area contributed by atoms with Gasteiger partial charge in [-0.3, -0.25) is 4.68 Å². The summed E-state index contributed by atoms with van der Waals surface area (Å²) >= 11 is 0. The lowest BCUT2D eigenvalue weighted by atomic mass is 9.87. The molecular formula is C19H19F3N4O. The van der Waals surface area contributed by atoms with Crippen LogP contribution in [0.2, 0.25) is 0 Å². The number of allylic oxidation sites excluding steroid dienone is 3. The van der Waals surface area contributed by atoms with Crippen LogP contribution in [0.25, 0.3) is 10.9 Å². The van der Waals surface area contributed by atoms with E-state index in [4.69, 9.17) is 0 Å². The number of alkyl halides is 3. The third-order valence-electron chi connectivity index (χ3n) is 5.24. The number of anilines is 1. The number of carbonyl (C=O) groups is 1. The van der Waals surface area contributed by atoms with Crippen molar-refractivity contribution < 1.29 is 18.0 Å². The van der Waals surface area contributed by atoms with Gasteiger partial charge in [-0.25, -0.2) is 4.98 Å². The first-order valence-corrected chi connectivity index (χ1v) is 8.97. The van der Waals surface area contributed by atoms with Crippen LogP contribution in [0.1, 0.15) is 31.7 Å². The zero-order valence-electron chi connectivity index (χ0n) is 14.6. The number of fused-ring (bicyclic) bond motifs is 1. The van der Waals surface area contributed by atoms with Crippen molar-refractivity contribution >= 4 is 23.0 Å². The standard InChI is InChI=1S/C19H19F3N4O/c20-19(21,22)17-3-1-2-8-25(17)18-9-14-11-26(24-16(14)10-23-18)15-6-4-13(12-27)5-7-15/h1-3,9-13,15H,4-8H2. The molecule has 27 heavy (non-hydrogen) atoms. The van der Waals surface area contributed by atoms with Crippen molar-refractivity contribution in [1.82, 2.24) is 14.8 Å². The topological polar surface area (TPSA) is 51.0 Å². The summed E-state index contributed by atoms with van der Waals surface area (Å²) in [5.41, 5.74) is -0.0715. The maximum atomic E-state index is 13.3. The molecule has 0 saturated heterocycles. The number of rotatable bonds is 3. The van der Waals surface area contributed by atoms with Crippen LogP contribution in [0.4, 0.5) is 19.0 Å². The molecule has 0 atom stereocenters. The van der Waals surface area contributed by atoms with Gasteiger partial charge >= 0.3 is 6.18 Å². The Labute approximate surface area is 154 Å². The summed E-state index contributed by atoms with van der Waals surface area (Å²) < 4.78 is 41.7. The van der Waals surface area contributed by atoms with E-state index in [1.54, 1.807) is 12.1 Å². The molecule has 142 valence electrons. The maximum Gasteiger partial charge on any atom is 0.431 e. The second kappa shape index (κ2) is 6.83. The molecule has 2 aromatic heterocycles. The SMILES string of the molecule is O=CC1CCC(n2cc3cc(N4CC=CC=C4C(F)(F)F)ncc3n2)CC1. The number of hydrogen-bond donors (Lipinski definition) is 0. The highest BCUT2D eigenvalue weighted by Crippen LogP contribution is 2.35. The van der Waals surface area contributed by atoms with Crippen molar-refractivity contribution in [3.05, 3.63) is 42.4 Å². The number of halogens is 3. The Morgan fingerprint density at radius 2 is 1.96 bits per heavy atom. The first-order chi connectivity index (χ1) is 13.0. The molecule has 1 aliphatic heterocycles. The average Bonchev–Trinajstić information content (AvgIpc) is 3.10. The molecule has 1 saturated carbocycles. The van der Waals surface area contributed by atoms with Gasteiger partial charge in [-0.15, -0.1) is 0 Å². The lowest BCUT2D eigenvalue weighted by molar-refractivity contribution is -0.112. The van der Waals surface area contributed by atoms with Crippen LogP contribution in [-0.4, -0.2) is 33.8 Å². The largest absolute Gasteiger partial charge is 0.431 e. The van der Waals surface area contributed by atoms with E-state index < -0.39 is 11.9 Å². The molecule has 5 nitrogen and oxygen atoms in total. The van der Waals surface area contributed by atoms with Crippen LogP contribution in [0.3, 0.4) is 0 Å².